The van der Waals surface area contributed by atoms with Crippen LogP contribution in [0.3, 0.4) is 0 Å². The lowest BCUT2D eigenvalue weighted by Crippen LogP contribution is -2.54. The molecule has 0 aliphatic carbocycles. The summed E-state index contributed by atoms with van der Waals surface area (Å²) in [5.41, 5.74) is 4.90. The fourth-order valence-electron chi connectivity index (χ4n) is 3.34. The van der Waals surface area contributed by atoms with Crippen molar-refractivity contribution >= 4 is 17.7 Å². The molecular formula is C21H25F3N8. The summed E-state index contributed by atoms with van der Waals surface area (Å²) in [6.45, 7) is 5.84. The Labute approximate surface area is 183 Å². The Hall–Kier alpha value is -3.47. The molecule has 4 heterocycles. The average Bonchev–Trinajstić information content (AvgIpc) is 3.19. The van der Waals surface area contributed by atoms with Crippen molar-refractivity contribution in [3.63, 3.8) is 0 Å². The maximum absolute atomic E-state index is 13.1. The number of halogens is 3. The largest absolute Gasteiger partial charge is 0.417 e. The Bertz CT molecular complexity index is 1090. The van der Waals surface area contributed by atoms with E-state index in [4.69, 9.17) is 11.1 Å². The normalized spacial score (nSPS) is 19.1. The van der Waals surface area contributed by atoms with Gasteiger partial charge < -0.3 is 21.4 Å². The molecule has 1 fully saturated rings. The average molecular weight is 446 g/mol. The zero-order chi connectivity index (χ0) is 23.3. The second kappa shape index (κ2) is 9.77. The van der Waals surface area contributed by atoms with Crippen LogP contribution in [0.4, 0.5) is 19.0 Å². The van der Waals surface area contributed by atoms with Crippen LogP contribution in [0.25, 0.3) is 17.2 Å². The Kier molecular flexibility index (Phi) is 7.08. The van der Waals surface area contributed by atoms with Crippen molar-refractivity contribution < 1.29 is 13.2 Å². The van der Waals surface area contributed by atoms with Gasteiger partial charge in [-0.1, -0.05) is 0 Å². The molecular weight excluding hydrogens is 421 g/mol. The topological polar surface area (TPSA) is 108 Å². The lowest BCUT2D eigenvalue weighted by atomic mass is 10.1. The molecule has 8 nitrogen and oxygen atoms in total. The first kappa shape index (κ1) is 23.2. The standard InChI is InChI=1S/C18H19F3N6.C3H6N2/c1-11-9-26(12(2)7-23-11)16-5-6-22-17(25-16)14-8-24-15-4-3-13(10-27(14)15)18(19,20)21;4-2-1-3-5/h3-6,8,10-12,23H,7,9H2,1-2H3;1-4H,5H2/b;3-1-,4-2?/t11-,12-;/m1./s1. The highest BCUT2D eigenvalue weighted by Crippen LogP contribution is 2.30. The Balaban J connectivity index is 0.000000523. The second-order valence-electron chi connectivity index (χ2n) is 7.39. The molecule has 1 aliphatic rings. The molecule has 3 aromatic rings. The lowest BCUT2D eigenvalue weighted by Gasteiger charge is -2.38. The van der Waals surface area contributed by atoms with Crippen LogP contribution in [-0.2, 0) is 6.18 Å². The number of aromatic nitrogens is 4. The van der Waals surface area contributed by atoms with Crippen molar-refractivity contribution in [1.82, 2.24) is 24.7 Å². The van der Waals surface area contributed by atoms with Crippen LogP contribution in [0.5, 0.6) is 0 Å². The van der Waals surface area contributed by atoms with Crippen molar-refractivity contribution in [3.05, 3.63) is 54.6 Å². The maximum atomic E-state index is 13.1. The summed E-state index contributed by atoms with van der Waals surface area (Å²) in [7, 11) is 0. The first-order valence-corrected chi connectivity index (χ1v) is 9.99. The van der Waals surface area contributed by atoms with Gasteiger partial charge in [0.25, 0.3) is 0 Å². The molecule has 170 valence electrons. The van der Waals surface area contributed by atoms with Gasteiger partial charge in [-0.3, -0.25) is 4.40 Å². The summed E-state index contributed by atoms with van der Waals surface area (Å²) in [5.74, 6) is 1.10. The molecule has 11 heteroatoms. The number of anilines is 1. The first-order valence-electron chi connectivity index (χ1n) is 9.99. The van der Waals surface area contributed by atoms with E-state index < -0.39 is 11.7 Å². The molecule has 3 aromatic heterocycles. The molecule has 2 atom stereocenters. The summed E-state index contributed by atoms with van der Waals surface area (Å²) in [6, 6.07) is 4.76. The van der Waals surface area contributed by atoms with Crippen LogP contribution in [0.2, 0.25) is 0 Å². The third-order valence-electron chi connectivity index (χ3n) is 4.97. The van der Waals surface area contributed by atoms with E-state index in [0.29, 0.717) is 23.2 Å². The number of nitrogens with two attached hydrogens (primary N) is 1. The molecule has 4 rings (SSSR count). The molecule has 0 spiro atoms. The van der Waals surface area contributed by atoms with E-state index in [0.717, 1.165) is 37.4 Å². The van der Waals surface area contributed by atoms with E-state index >= 15 is 0 Å². The van der Waals surface area contributed by atoms with Crippen LogP contribution >= 0.6 is 0 Å². The summed E-state index contributed by atoms with van der Waals surface area (Å²) < 4.78 is 40.6. The SMILES string of the molecule is C[C@@H]1CN(c2ccnc(-c3cnc4ccc(C(F)(F)F)cn34)n2)[C@H](C)CN1.N=C/C=C\N. The maximum Gasteiger partial charge on any atom is 0.417 e. The monoisotopic (exact) mass is 446 g/mol. The van der Waals surface area contributed by atoms with Gasteiger partial charge in [0.15, 0.2) is 5.82 Å². The van der Waals surface area contributed by atoms with E-state index in [1.165, 1.54) is 28.9 Å². The fourth-order valence-corrected chi connectivity index (χ4v) is 3.34. The van der Waals surface area contributed by atoms with Gasteiger partial charge in [0.1, 0.15) is 17.2 Å². The van der Waals surface area contributed by atoms with Crippen LogP contribution in [0.15, 0.2) is 49.1 Å². The van der Waals surface area contributed by atoms with E-state index in [1.807, 2.05) is 6.07 Å². The molecule has 0 amide bonds. The van der Waals surface area contributed by atoms with Gasteiger partial charge in [0.2, 0.25) is 0 Å². The molecule has 4 N–H and O–H groups in total. The molecule has 0 saturated carbocycles. The van der Waals surface area contributed by atoms with Crippen LogP contribution in [-0.4, -0.2) is 50.7 Å². The number of piperazine rings is 1. The number of nitrogens with zero attached hydrogens (tertiary/aromatic N) is 5. The number of imidazole rings is 1. The molecule has 1 saturated heterocycles. The van der Waals surface area contributed by atoms with E-state index in [-0.39, 0.29) is 6.04 Å². The van der Waals surface area contributed by atoms with Crippen molar-refractivity contribution in [2.45, 2.75) is 32.1 Å². The number of hydrogen-bond donors (Lipinski definition) is 3. The fraction of sp³-hybridized carbons (Fsp3) is 0.333. The highest BCUT2D eigenvalue weighted by molar-refractivity contribution is 5.67. The van der Waals surface area contributed by atoms with Gasteiger partial charge in [0.05, 0.1) is 11.8 Å². The minimum absolute atomic E-state index is 0.253. The highest BCUT2D eigenvalue weighted by atomic mass is 19.4. The summed E-state index contributed by atoms with van der Waals surface area (Å²) >= 11 is 0. The summed E-state index contributed by atoms with van der Waals surface area (Å²) in [6.07, 6.45) is 3.61. The zero-order valence-electron chi connectivity index (χ0n) is 17.7. The van der Waals surface area contributed by atoms with Gasteiger partial charge in [-0.2, -0.15) is 13.2 Å². The van der Waals surface area contributed by atoms with Gasteiger partial charge in [-0.05, 0) is 44.3 Å². The van der Waals surface area contributed by atoms with Gasteiger partial charge in [0, 0.05) is 43.8 Å². The number of pyridine rings is 1. The number of hydrogen-bond acceptors (Lipinski definition) is 7. The molecule has 0 bridgehead atoms. The number of rotatable bonds is 3. The van der Waals surface area contributed by atoms with Crippen LogP contribution < -0.4 is 16.0 Å². The first-order chi connectivity index (χ1) is 15.2. The number of alkyl halides is 3. The van der Waals surface area contributed by atoms with Crippen molar-refractivity contribution in [2.75, 3.05) is 18.0 Å². The van der Waals surface area contributed by atoms with E-state index in [1.54, 1.807) is 6.20 Å². The molecule has 0 aromatic carbocycles. The molecule has 32 heavy (non-hydrogen) atoms. The smallest absolute Gasteiger partial charge is 0.405 e. The third-order valence-corrected chi connectivity index (χ3v) is 4.97. The minimum atomic E-state index is -4.43. The molecule has 1 aliphatic heterocycles. The van der Waals surface area contributed by atoms with Crippen molar-refractivity contribution in [3.8, 4) is 11.5 Å². The zero-order valence-corrected chi connectivity index (χ0v) is 17.7. The quantitative estimate of drug-likeness (QED) is 0.534. The Morgan fingerprint density at radius 3 is 2.66 bits per heavy atom. The highest BCUT2D eigenvalue weighted by Gasteiger charge is 2.31. The van der Waals surface area contributed by atoms with Gasteiger partial charge in [-0.25, -0.2) is 15.0 Å². The van der Waals surface area contributed by atoms with Gasteiger partial charge >= 0.3 is 6.18 Å². The van der Waals surface area contributed by atoms with E-state index in [2.05, 4.69) is 39.0 Å². The number of allylic oxidation sites excluding steroid dienone is 1. The number of fused-ring (bicyclic) bond motifs is 1. The third kappa shape index (κ3) is 5.22. The van der Waals surface area contributed by atoms with E-state index in [9.17, 15) is 13.2 Å². The lowest BCUT2D eigenvalue weighted by molar-refractivity contribution is -0.137. The Morgan fingerprint density at radius 1 is 1.22 bits per heavy atom. The van der Waals surface area contributed by atoms with Crippen molar-refractivity contribution in [1.29, 1.82) is 5.41 Å². The number of nitrogens with one attached hydrogen (secondary N) is 2. The van der Waals surface area contributed by atoms with Crippen LogP contribution in [0.1, 0.15) is 19.4 Å². The predicted octanol–water partition coefficient (Wildman–Crippen LogP) is 3.11. The minimum Gasteiger partial charge on any atom is -0.405 e. The second-order valence-corrected chi connectivity index (χ2v) is 7.39. The Morgan fingerprint density at radius 2 is 2.00 bits per heavy atom. The molecule has 0 unspecified atom stereocenters. The van der Waals surface area contributed by atoms with Gasteiger partial charge in [-0.15, -0.1) is 0 Å². The van der Waals surface area contributed by atoms with Crippen LogP contribution in [0, 0.1) is 5.41 Å². The summed E-state index contributed by atoms with van der Waals surface area (Å²) in [5, 5.41) is 9.72. The molecule has 0 radical (unpaired) electrons. The summed E-state index contributed by atoms with van der Waals surface area (Å²) in [4.78, 5) is 15.2. The predicted molar refractivity (Wildman–Crippen MR) is 118 cm³/mol. The van der Waals surface area contributed by atoms with Crippen molar-refractivity contribution in [2.24, 2.45) is 5.73 Å².